The molecule has 0 spiro atoms. The molecular formula is C15H29NO4. The van der Waals surface area contributed by atoms with E-state index in [0.717, 1.165) is 19.3 Å². The van der Waals surface area contributed by atoms with Crippen LogP contribution < -0.4 is 0 Å². The minimum Gasteiger partial charge on any atom is -0.466 e. The highest BCUT2D eigenvalue weighted by Crippen LogP contribution is 2.18. The van der Waals surface area contributed by atoms with E-state index >= 15 is 0 Å². The molecule has 0 aliphatic rings. The fraction of sp³-hybridized carbons (Fsp3) is 0.867. The number of rotatable bonds is 9. The van der Waals surface area contributed by atoms with Crippen molar-refractivity contribution in [2.75, 3.05) is 13.2 Å². The fourth-order valence-corrected chi connectivity index (χ4v) is 2.17. The SMILES string of the molecule is CCCCC(CC(=O)OCC)N(C(=O)OCC)C(C)C. The van der Waals surface area contributed by atoms with E-state index in [0.29, 0.717) is 13.2 Å². The summed E-state index contributed by atoms with van der Waals surface area (Å²) in [4.78, 5) is 25.5. The average molecular weight is 287 g/mol. The number of carbonyl (C=O) groups is 2. The van der Waals surface area contributed by atoms with Gasteiger partial charge in [0.2, 0.25) is 0 Å². The molecule has 0 saturated heterocycles. The largest absolute Gasteiger partial charge is 0.466 e. The Bertz CT molecular complexity index is 292. The Morgan fingerprint density at radius 1 is 1.05 bits per heavy atom. The molecule has 0 N–H and O–H groups in total. The highest BCUT2D eigenvalue weighted by Gasteiger charge is 2.29. The normalized spacial score (nSPS) is 12.1. The Morgan fingerprint density at radius 2 is 1.65 bits per heavy atom. The Labute approximate surface area is 122 Å². The first-order valence-electron chi connectivity index (χ1n) is 7.58. The van der Waals surface area contributed by atoms with Gasteiger partial charge in [-0.3, -0.25) is 4.79 Å². The molecule has 5 heteroatoms. The molecular weight excluding hydrogens is 258 g/mol. The summed E-state index contributed by atoms with van der Waals surface area (Å²) in [6, 6.07) is -0.168. The molecule has 0 aromatic heterocycles. The minimum absolute atomic E-state index is 0.00895. The smallest absolute Gasteiger partial charge is 0.410 e. The number of ether oxygens (including phenoxy) is 2. The van der Waals surface area contributed by atoms with Gasteiger partial charge in [0.25, 0.3) is 0 Å². The van der Waals surface area contributed by atoms with E-state index in [1.165, 1.54) is 0 Å². The van der Waals surface area contributed by atoms with Crippen LogP contribution >= 0.6 is 0 Å². The van der Waals surface area contributed by atoms with Crippen molar-refractivity contribution >= 4 is 12.1 Å². The molecule has 1 unspecified atom stereocenters. The first-order valence-corrected chi connectivity index (χ1v) is 7.58. The Balaban J connectivity index is 4.90. The zero-order valence-corrected chi connectivity index (χ0v) is 13.5. The van der Waals surface area contributed by atoms with Gasteiger partial charge in [0, 0.05) is 12.1 Å². The molecule has 1 amide bonds. The lowest BCUT2D eigenvalue weighted by Gasteiger charge is -2.33. The average Bonchev–Trinajstić information content (AvgIpc) is 2.36. The first-order chi connectivity index (χ1) is 9.47. The van der Waals surface area contributed by atoms with Crippen molar-refractivity contribution in [3.8, 4) is 0 Å². The van der Waals surface area contributed by atoms with Crippen molar-refractivity contribution in [3.63, 3.8) is 0 Å². The lowest BCUT2D eigenvalue weighted by molar-refractivity contribution is -0.144. The van der Waals surface area contributed by atoms with E-state index in [-0.39, 0.29) is 30.6 Å². The maximum Gasteiger partial charge on any atom is 0.410 e. The molecule has 118 valence electrons. The summed E-state index contributed by atoms with van der Waals surface area (Å²) >= 11 is 0. The van der Waals surface area contributed by atoms with Crippen LogP contribution in [0, 0.1) is 0 Å². The molecule has 20 heavy (non-hydrogen) atoms. The third kappa shape index (κ3) is 6.78. The topological polar surface area (TPSA) is 55.8 Å². The monoisotopic (exact) mass is 287 g/mol. The van der Waals surface area contributed by atoms with Crippen LogP contribution in [0.2, 0.25) is 0 Å². The second kappa shape index (κ2) is 10.5. The van der Waals surface area contributed by atoms with Crippen molar-refractivity contribution in [1.29, 1.82) is 0 Å². The van der Waals surface area contributed by atoms with Gasteiger partial charge in [-0.2, -0.15) is 0 Å². The molecule has 5 nitrogen and oxygen atoms in total. The summed E-state index contributed by atoms with van der Waals surface area (Å²) in [6.07, 6.45) is 2.64. The maximum absolute atomic E-state index is 12.1. The minimum atomic E-state index is -0.354. The van der Waals surface area contributed by atoms with E-state index in [2.05, 4.69) is 6.92 Å². The van der Waals surface area contributed by atoms with Crippen LogP contribution in [0.25, 0.3) is 0 Å². The van der Waals surface area contributed by atoms with E-state index < -0.39 is 0 Å². The molecule has 0 saturated carbocycles. The van der Waals surface area contributed by atoms with Gasteiger partial charge >= 0.3 is 12.1 Å². The summed E-state index contributed by atoms with van der Waals surface area (Å²) in [5.41, 5.74) is 0. The summed E-state index contributed by atoms with van der Waals surface area (Å²) in [7, 11) is 0. The predicted molar refractivity (Wildman–Crippen MR) is 78.6 cm³/mol. The number of esters is 1. The summed E-state index contributed by atoms with van der Waals surface area (Å²) in [5.74, 6) is -0.261. The Hall–Kier alpha value is -1.26. The number of amides is 1. The highest BCUT2D eigenvalue weighted by molar-refractivity contribution is 5.73. The molecule has 0 radical (unpaired) electrons. The molecule has 0 heterocycles. The van der Waals surface area contributed by atoms with Gasteiger partial charge in [-0.25, -0.2) is 4.79 Å². The van der Waals surface area contributed by atoms with Crippen molar-refractivity contribution in [2.24, 2.45) is 0 Å². The zero-order valence-electron chi connectivity index (χ0n) is 13.5. The zero-order chi connectivity index (χ0) is 15.5. The number of nitrogens with zero attached hydrogens (tertiary/aromatic N) is 1. The lowest BCUT2D eigenvalue weighted by Crippen LogP contribution is -2.46. The second-order valence-corrected chi connectivity index (χ2v) is 5.01. The number of hydrogen-bond acceptors (Lipinski definition) is 4. The van der Waals surface area contributed by atoms with Gasteiger partial charge < -0.3 is 14.4 Å². The molecule has 0 bridgehead atoms. The van der Waals surface area contributed by atoms with Gasteiger partial charge in [0.1, 0.15) is 0 Å². The number of unbranched alkanes of at least 4 members (excludes halogenated alkanes) is 1. The van der Waals surface area contributed by atoms with Crippen LogP contribution in [0.1, 0.15) is 60.3 Å². The lowest BCUT2D eigenvalue weighted by atomic mass is 10.0. The maximum atomic E-state index is 12.1. The molecule has 0 aromatic rings. The summed E-state index contributed by atoms with van der Waals surface area (Å²) in [6.45, 7) is 10.2. The van der Waals surface area contributed by atoms with Crippen LogP contribution in [0.15, 0.2) is 0 Å². The predicted octanol–water partition coefficient (Wildman–Crippen LogP) is 3.37. The first kappa shape index (κ1) is 18.7. The van der Waals surface area contributed by atoms with Crippen LogP contribution in [-0.2, 0) is 14.3 Å². The van der Waals surface area contributed by atoms with Crippen LogP contribution in [-0.4, -0.2) is 42.3 Å². The van der Waals surface area contributed by atoms with Crippen molar-refractivity contribution in [1.82, 2.24) is 4.90 Å². The van der Waals surface area contributed by atoms with Gasteiger partial charge in [-0.15, -0.1) is 0 Å². The van der Waals surface area contributed by atoms with E-state index in [9.17, 15) is 9.59 Å². The standard InChI is InChI=1S/C15H29NO4/c1-6-9-10-13(11-14(17)19-7-2)16(12(4)5)15(18)20-8-3/h12-13H,6-11H2,1-5H3. The summed E-state index contributed by atoms with van der Waals surface area (Å²) < 4.78 is 10.1. The van der Waals surface area contributed by atoms with Crippen LogP contribution in [0.4, 0.5) is 4.79 Å². The van der Waals surface area contributed by atoms with Crippen LogP contribution in [0.5, 0.6) is 0 Å². The number of carbonyl (C=O) groups excluding carboxylic acids is 2. The van der Waals surface area contributed by atoms with Crippen molar-refractivity contribution < 1.29 is 19.1 Å². The Kier molecular flexibility index (Phi) is 9.86. The fourth-order valence-electron chi connectivity index (χ4n) is 2.17. The molecule has 0 aromatic carbocycles. The molecule has 1 atom stereocenters. The molecule has 0 aliphatic heterocycles. The molecule has 0 aliphatic carbocycles. The quantitative estimate of drug-likeness (QED) is 0.610. The van der Waals surface area contributed by atoms with Crippen molar-refractivity contribution in [2.45, 2.75) is 72.4 Å². The van der Waals surface area contributed by atoms with E-state index in [1.807, 2.05) is 13.8 Å². The number of hydrogen-bond donors (Lipinski definition) is 0. The van der Waals surface area contributed by atoms with Gasteiger partial charge in [-0.1, -0.05) is 19.8 Å². The summed E-state index contributed by atoms with van der Waals surface area (Å²) in [5, 5.41) is 0. The second-order valence-electron chi connectivity index (χ2n) is 5.01. The molecule has 0 fully saturated rings. The Morgan fingerprint density at radius 3 is 2.10 bits per heavy atom. The van der Waals surface area contributed by atoms with E-state index in [4.69, 9.17) is 9.47 Å². The van der Waals surface area contributed by atoms with Gasteiger partial charge in [-0.05, 0) is 34.1 Å². The highest BCUT2D eigenvalue weighted by atomic mass is 16.6. The third-order valence-electron chi connectivity index (χ3n) is 3.03. The molecule has 0 rings (SSSR count). The van der Waals surface area contributed by atoms with Crippen LogP contribution in [0.3, 0.4) is 0 Å². The third-order valence-corrected chi connectivity index (χ3v) is 3.03. The van der Waals surface area contributed by atoms with Crippen molar-refractivity contribution in [3.05, 3.63) is 0 Å². The van der Waals surface area contributed by atoms with Gasteiger partial charge in [0.05, 0.1) is 19.6 Å². The van der Waals surface area contributed by atoms with Gasteiger partial charge in [0.15, 0.2) is 0 Å². The van der Waals surface area contributed by atoms with E-state index in [1.54, 1.807) is 18.7 Å².